The Morgan fingerprint density at radius 2 is 1.82 bits per heavy atom. The van der Waals surface area contributed by atoms with Crippen molar-refractivity contribution in [3.8, 4) is 0 Å². The van der Waals surface area contributed by atoms with Crippen molar-refractivity contribution >= 4 is 21.4 Å². The minimum atomic E-state index is -3.21. The van der Waals surface area contributed by atoms with Crippen molar-refractivity contribution in [3.05, 3.63) is 29.3 Å². The molecular formula is C12H16ClNO2S. The summed E-state index contributed by atoms with van der Waals surface area (Å²) in [6.07, 6.45) is 2.73. The number of hydrogen-bond acceptors (Lipinski definition) is 3. The molecule has 1 fully saturated rings. The number of rotatable bonds is 5. The fraction of sp³-hybridized carbons (Fsp3) is 0.500. The van der Waals surface area contributed by atoms with Crippen molar-refractivity contribution < 1.29 is 8.42 Å². The van der Waals surface area contributed by atoms with Crippen LogP contribution in [0.5, 0.6) is 0 Å². The summed E-state index contributed by atoms with van der Waals surface area (Å²) in [6, 6.07) is 6.35. The number of nitrogens with two attached hydrogens (primary N) is 1. The Morgan fingerprint density at radius 1 is 1.24 bits per heavy atom. The van der Waals surface area contributed by atoms with E-state index >= 15 is 0 Å². The van der Waals surface area contributed by atoms with Crippen LogP contribution in [0.4, 0.5) is 0 Å². The number of sulfone groups is 1. The van der Waals surface area contributed by atoms with Gasteiger partial charge in [0.1, 0.15) is 0 Å². The van der Waals surface area contributed by atoms with Crippen molar-refractivity contribution in [2.75, 3.05) is 12.3 Å². The third-order valence-corrected chi connectivity index (χ3v) is 5.54. The van der Waals surface area contributed by atoms with Gasteiger partial charge in [0.05, 0.1) is 10.6 Å². The van der Waals surface area contributed by atoms with Crippen LogP contribution in [0.15, 0.2) is 29.2 Å². The van der Waals surface area contributed by atoms with E-state index in [9.17, 15) is 8.42 Å². The molecule has 3 nitrogen and oxygen atoms in total. The molecule has 0 heterocycles. The van der Waals surface area contributed by atoms with Crippen molar-refractivity contribution in [2.45, 2.75) is 24.2 Å². The van der Waals surface area contributed by atoms with Crippen molar-refractivity contribution in [3.63, 3.8) is 0 Å². The van der Waals surface area contributed by atoms with Gasteiger partial charge in [0.25, 0.3) is 0 Å². The number of halogens is 1. The van der Waals surface area contributed by atoms with Crippen LogP contribution >= 0.6 is 11.6 Å². The molecule has 1 aliphatic rings. The van der Waals surface area contributed by atoms with Gasteiger partial charge in [-0.25, -0.2) is 8.42 Å². The van der Waals surface area contributed by atoms with E-state index in [0.717, 1.165) is 19.3 Å². The molecule has 0 atom stereocenters. The normalized spacial score (nSPS) is 18.0. The summed E-state index contributed by atoms with van der Waals surface area (Å²) < 4.78 is 24.4. The first-order chi connectivity index (χ1) is 7.97. The second kappa shape index (κ2) is 4.59. The number of benzene rings is 1. The first-order valence-electron chi connectivity index (χ1n) is 5.66. The Morgan fingerprint density at radius 3 is 2.29 bits per heavy atom. The van der Waals surface area contributed by atoms with E-state index < -0.39 is 9.84 Å². The van der Waals surface area contributed by atoms with Gasteiger partial charge in [0, 0.05) is 5.02 Å². The zero-order chi connectivity index (χ0) is 12.5. The van der Waals surface area contributed by atoms with Crippen LogP contribution in [-0.4, -0.2) is 20.7 Å². The molecule has 1 aromatic carbocycles. The van der Waals surface area contributed by atoms with Gasteiger partial charge < -0.3 is 5.73 Å². The Hall–Kier alpha value is -0.580. The van der Waals surface area contributed by atoms with Crippen LogP contribution in [0.25, 0.3) is 0 Å². The maximum absolute atomic E-state index is 12.2. The quantitative estimate of drug-likeness (QED) is 0.895. The highest BCUT2D eigenvalue weighted by Gasteiger charge is 2.45. The van der Waals surface area contributed by atoms with Gasteiger partial charge in [0.2, 0.25) is 0 Å². The predicted octanol–water partition coefficient (Wildman–Crippen LogP) is 2.24. The maximum atomic E-state index is 12.2. The van der Waals surface area contributed by atoms with Crippen molar-refractivity contribution in [1.82, 2.24) is 0 Å². The summed E-state index contributed by atoms with van der Waals surface area (Å²) in [5.74, 6) is 0.207. The molecule has 0 bridgehead atoms. The standard InChI is InChI=1S/C12H16ClNO2S/c13-10-1-3-11(4-2-10)17(15,16)9-12(5-6-12)7-8-14/h1-4H,5-9,14H2. The summed E-state index contributed by atoms with van der Waals surface area (Å²) >= 11 is 5.75. The molecule has 1 saturated carbocycles. The highest BCUT2D eigenvalue weighted by atomic mass is 35.5. The molecule has 0 spiro atoms. The van der Waals surface area contributed by atoms with Crippen LogP contribution in [0.1, 0.15) is 19.3 Å². The third kappa shape index (κ3) is 3.00. The Balaban J connectivity index is 2.17. The van der Waals surface area contributed by atoms with Crippen LogP contribution < -0.4 is 5.73 Å². The average molecular weight is 274 g/mol. The van der Waals surface area contributed by atoms with E-state index in [0.29, 0.717) is 16.5 Å². The molecule has 1 aromatic rings. The molecular weight excluding hydrogens is 258 g/mol. The minimum absolute atomic E-state index is 0.0623. The molecule has 94 valence electrons. The summed E-state index contributed by atoms with van der Waals surface area (Å²) in [5.41, 5.74) is 5.46. The number of hydrogen-bond donors (Lipinski definition) is 1. The Kier molecular flexibility index (Phi) is 3.48. The van der Waals surface area contributed by atoms with Gasteiger partial charge in [-0.1, -0.05) is 11.6 Å². The molecule has 0 unspecified atom stereocenters. The summed E-state index contributed by atoms with van der Waals surface area (Å²) in [6.45, 7) is 0.552. The lowest BCUT2D eigenvalue weighted by Crippen LogP contribution is -2.20. The van der Waals surface area contributed by atoms with E-state index in [4.69, 9.17) is 17.3 Å². The molecule has 0 saturated heterocycles. The minimum Gasteiger partial charge on any atom is -0.330 e. The molecule has 17 heavy (non-hydrogen) atoms. The lowest BCUT2D eigenvalue weighted by atomic mass is 10.1. The zero-order valence-corrected chi connectivity index (χ0v) is 11.1. The van der Waals surface area contributed by atoms with E-state index in [1.165, 1.54) is 0 Å². The topological polar surface area (TPSA) is 60.2 Å². The van der Waals surface area contributed by atoms with E-state index in [1.54, 1.807) is 24.3 Å². The van der Waals surface area contributed by atoms with Crippen LogP contribution in [0, 0.1) is 5.41 Å². The lowest BCUT2D eigenvalue weighted by Gasteiger charge is -2.14. The smallest absolute Gasteiger partial charge is 0.178 e. The van der Waals surface area contributed by atoms with E-state index in [2.05, 4.69) is 0 Å². The summed E-state index contributed by atoms with van der Waals surface area (Å²) in [4.78, 5) is 0.352. The van der Waals surface area contributed by atoms with Crippen molar-refractivity contribution in [2.24, 2.45) is 11.1 Å². The monoisotopic (exact) mass is 273 g/mol. The van der Waals surface area contributed by atoms with Crippen LogP contribution in [0.2, 0.25) is 5.02 Å². The first-order valence-corrected chi connectivity index (χ1v) is 7.69. The van der Waals surface area contributed by atoms with Gasteiger partial charge in [-0.2, -0.15) is 0 Å². The van der Waals surface area contributed by atoms with Crippen molar-refractivity contribution in [1.29, 1.82) is 0 Å². The third-order valence-electron chi connectivity index (χ3n) is 3.30. The second-order valence-corrected chi connectivity index (χ2v) is 7.18. The molecule has 2 rings (SSSR count). The molecule has 2 N–H and O–H groups in total. The van der Waals surface area contributed by atoms with Gasteiger partial charge in [-0.3, -0.25) is 0 Å². The SMILES string of the molecule is NCCC1(CS(=O)(=O)c2ccc(Cl)cc2)CC1. The highest BCUT2D eigenvalue weighted by molar-refractivity contribution is 7.91. The molecule has 0 amide bonds. The molecule has 0 radical (unpaired) electrons. The zero-order valence-electron chi connectivity index (χ0n) is 9.52. The average Bonchev–Trinajstić information content (AvgIpc) is 2.98. The van der Waals surface area contributed by atoms with Crippen LogP contribution in [0.3, 0.4) is 0 Å². The Bertz CT molecular complexity index is 492. The summed E-state index contributed by atoms with van der Waals surface area (Å²) in [7, 11) is -3.21. The van der Waals surface area contributed by atoms with Gasteiger partial charge in [0.15, 0.2) is 9.84 Å². The summed E-state index contributed by atoms with van der Waals surface area (Å²) in [5, 5.41) is 0.548. The molecule has 1 aliphatic carbocycles. The van der Waals surface area contributed by atoms with Gasteiger partial charge in [-0.15, -0.1) is 0 Å². The van der Waals surface area contributed by atoms with Crippen LogP contribution in [-0.2, 0) is 9.84 Å². The Labute approximate surface area is 107 Å². The van der Waals surface area contributed by atoms with E-state index in [1.807, 2.05) is 0 Å². The fourth-order valence-corrected chi connectivity index (χ4v) is 4.16. The first kappa shape index (κ1) is 12.9. The fourth-order valence-electron chi connectivity index (χ4n) is 2.08. The van der Waals surface area contributed by atoms with Gasteiger partial charge in [-0.05, 0) is 55.5 Å². The van der Waals surface area contributed by atoms with Gasteiger partial charge >= 0.3 is 0 Å². The molecule has 0 aromatic heterocycles. The maximum Gasteiger partial charge on any atom is 0.178 e. The highest BCUT2D eigenvalue weighted by Crippen LogP contribution is 2.50. The van der Waals surface area contributed by atoms with E-state index in [-0.39, 0.29) is 11.2 Å². The largest absolute Gasteiger partial charge is 0.330 e. The second-order valence-electron chi connectivity index (χ2n) is 4.75. The molecule has 5 heteroatoms. The lowest BCUT2D eigenvalue weighted by molar-refractivity contribution is 0.510. The predicted molar refractivity (Wildman–Crippen MR) is 68.8 cm³/mol. The molecule has 0 aliphatic heterocycles.